The normalized spacial score (nSPS) is 12.5. The lowest BCUT2D eigenvalue weighted by Gasteiger charge is -2.18. The Morgan fingerprint density at radius 3 is 2.88 bits per heavy atom. The Morgan fingerprint density at radius 2 is 2.29 bits per heavy atom. The molecule has 0 aliphatic rings. The van der Waals surface area contributed by atoms with Crippen molar-refractivity contribution in [1.82, 2.24) is 9.97 Å². The van der Waals surface area contributed by atoms with Crippen molar-refractivity contribution in [3.05, 3.63) is 17.0 Å². The molecule has 6 heteroatoms. The summed E-state index contributed by atoms with van der Waals surface area (Å²) in [6.45, 7) is 2.44. The third-order valence-corrected chi connectivity index (χ3v) is 2.65. The molecule has 0 radical (unpaired) electrons. The van der Waals surface area contributed by atoms with Crippen molar-refractivity contribution in [2.24, 2.45) is 0 Å². The van der Waals surface area contributed by atoms with Gasteiger partial charge in [0.1, 0.15) is 17.3 Å². The van der Waals surface area contributed by atoms with Gasteiger partial charge in [-0.1, -0.05) is 24.9 Å². The second kappa shape index (κ2) is 7.42. The Kier molecular flexibility index (Phi) is 6.18. The third kappa shape index (κ3) is 4.11. The highest BCUT2D eigenvalue weighted by atomic mass is 35.5. The fourth-order valence-electron chi connectivity index (χ4n) is 1.52. The van der Waals surface area contributed by atoms with Gasteiger partial charge in [-0.15, -0.1) is 0 Å². The fraction of sp³-hybridized carbons (Fsp3) is 0.636. The van der Waals surface area contributed by atoms with Gasteiger partial charge in [-0.05, 0) is 6.42 Å². The molecule has 1 atom stereocenters. The average Bonchev–Trinajstić information content (AvgIpc) is 2.33. The fourth-order valence-corrected chi connectivity index (χ4v) is 1.75. The van der Waals surface area contributed by atoms with E-state index in [1.807, 2.05) is 0 Å². The molecule has 0 spiro atoms. The predicted octanol–water partition coefficient (Wildman–Crippen LogP) is 1.50. The number of nitrogens with zero attached hydrogens (tertiary/aromatic N) is 2. The number of halogens is 1. The summed E-state index contributed by atoms with van der Waals surface area (Å²) in [7, 11) is 1.59. The largest absolute Gasteiger partial charge is 0.394 e. The SMILES string of the molecule is CCCc1c(Cl)ncnc1NC(CO)COC. The first-order valence-electron chi connectivity index (χ1n) is 5.58. The number of rotatable bonds is 7. The lowest BCUT2D eigenvalue weighted by atomic mass is 10.2. The van der Waals surface area contributed by atoms with E-state index < -0.39 is 0 Å². The summed E-state index contributed by atoms with van der Waals surface area (Å²) >= 11 is 6.03. The molecule has 0 saturated carbocycles. The summed E-state index contributed by atoms with van der Waals surface area (Å²) in [5, 5.41) is 12.8. The Bertz CT molecular complexity index is 349. The molecular formula is C11H18ClN3O2. The van der Waals surface area contributed by atoms with E-state index in [1.165, 1.54) is 6.33 Å². The molecule has 1 unspecified atom stereocenters. The van der Waals surface area contributed by atoms with Crippen molar-refractivity contribution >= 4 is 17.4 Å². The van der Waals surface area contributed by atoms with E-state index in [9.17, 15) is 5.11 Å². The molecule has 1 aromatic rings. The summed E-state index contributed by atoms with van der Waals surface area (Å²) in [6.07, 6.45) is 3.16. The number of methoxy groups -OCH3 is 1. The Morgan fingerprint density at radius 1 is 1.53 bits per heavy atom. The minimum atomic E-state index is -0.193. The van der Waals surface area contributed by atoms with Crippen molar-refractivity contribution in [3.8, 4) is 0 Å². The first-order valence-corrected chi connectivity index (χ1v) is 5.96. The average molecular weight is 260 g/mol. The van der Waals surface area contributed by atoms with E-state index in [0.717, 1.165) is 18.4 Å². The van der Waals surface area contributed by atoms with E-state index >= 15 is 0 Å². The van der Waals surface area contributed by atoms with Gasteiger partial charge in [0.2, 0.25) is 0 Å². The molecule has 0 fully saturated rings. The molecule has 1 heterocycles. The molecule has 96 valence electrons. The zero-order valence-corrected chi connectivity index (χ0v) is 10.9. The Hall–Kier alpha value is -0.910. The number of anilines is 1. The quantitative estimate of drug-likeness (QED) is 0.727. The number of aliphatic hydroxyl groups is 1. The lowest BCUT2D eigenvalue weighted by Crippen LogP contribution is -2.29. The van der Waals surface area contributed by atoms with Crippen LogP contribution >= 0.6 is 11.6 Å². The van der Waals surface area contributed by atoms with Crippen LogP contribution in [-0.4, -0.2) is 41.4 Å². The van der Waals surface area contributed by atoms with Crippen LogP contribution in [0.2, 0.25) is 5.15 Å². The number of hydrogen-bond donors (Lipinski definition) is 2. The molecule has 17 heavy (non-hydrogen) atoms. The van der Waals surface area contributed by atoms with Gasteiger partial charge >= 0.3 is 0 Å². The highest BCUT2D eigenvalue weighted by Gasteiger charge is 2.13. The third-order valence-electron chi connectivity index (χ3n) is 2.32. The molecule has 1 aromatic heterocycles. The standard InChI is InChI=1S/C11H18ClN3O2/c1-3-4-9-10(12)13-7-14-11(9)15-8(5-16)6-17-2/h7-8,16H,3-6H2,1-2H3,(H,13,14,15). The number of aliphatic hydroxyl groups excluding tert-OH is 1. The van der Waals surface area contributed by atoms with Crippen molar-refractivity contribution in [2.75, 3.05) is 25.6 Å². The first kappa shape index (κ1) is 14.2. The van der Waals surface area contributed by atoms with Crippen molar-refractivity contribution in [1.29, 1.82) is 0 Å². The number of ether oxygens (including phenoxy) is 1. The predicted molar refractivity (Wildman–Crippen MR) is 67.4 cm³/mol. The minimum Gasteiger partial charge on any atom is -0.394 e. The van der Waals surface area contributed by atoms with Crippen LogP contribution < -0.4 is 5.32 Å². The summed E-state index contributed by atoms with van der Waals surface area (Å²) in [4.78, 5) is 8.11. The van der Waals surface area contributed by atoms with Crippen molar-refractivity contribution < 1.29 is 9.84 Å². The monoisotopic (exact) mass is 259 g/mol. The van der Waals surface area contributed by atoms with Crippen molar-refractivity contribution in [2.45, 2.75) is 25.8 Å². The highest BCUT2D eigenvalue weighted by Crippen LogP contribution is 2.21. The highest BCUT2D eigenvalue weighted by molar-refractivity contribution is 6.30. The van der Waals surface area contributed by atoms with E-state index in [-0.39, 0.29) is 12.6 Å². The molecule has 0 amide bonds. The summed E-state index contributed by atoms with van der Waals surface area (Å²) in [5.41, 5.74) is 0.881. The summed E-state index contributed by atoms with van der Waals surface area (Å²) in [5.74, 6) is 0.669. The first-order chi connectivity index (χ1) is 8.22. The van der Waals surface area contributed by atoms with Crippen LogP contribution in [0.25, 0.3) is 0 Å². The maximum absolute atomic E-state index is 9.19. The number of nitrogens with one attached hydrogen (secondary N) is 1. The van der Waals surface area contributed by atoms with Gasteiger partial charge in [-0.25, -0.2) is 9.97 Å². The van der Waals surface area contributed by atoms with Gasteiger partial charge in [0, 0.05) is 12.7 Å². The van der Waals surface area contributed by atoms with Crippen LogP contribution in [0.3, 0.4) is 0 Å². The van der Waals surface area contributed by atoms with Crippen LogP contribution in [0, 0.1) is 0 Å². The number of aromatic nitrogens is 2. The second-order valence-electron chi connectivity index (χ2n) is 3.72. The van der Waals surface area contributed by atoms with E-state index in [1.54, 1.807) is 7.11 Å². The molecule has 5 nitrogen and oxygen atoms in total. The molecule has 2 N–H and O–H groups in total. The van der Waals surface area contributed by atoms with Gasteiger partial charge in [0.15, 0.2) is 0 Å². The van der Waals surface area contributed by atoms with E-state index in [4.69, 9.17) is 16.3 Å². The summed E-state index contributed by atoms with van der Waals surface area (Å²) < 4.78 is 5.00. The maximum Gasteiger partial charge on any atom is 0.137 e. The zero-order chi connectivity index (χ0) is 12.7. The zero-order valence-electron chi connectivity index (χ0n) is 10.1. The number of hydrogen-bond acceptors (Lipinski definition) is 5. The molecule has 1 rings (SSSR count). The second-order valence-corrected chi connectivity index (χ2v) is 4.08. The minimum absolute atomic E-state index is 0.0268. The van der Waals surface area contributed by atoms with Gasteiger partial charge < -0.3 is 15.2 Å². The molecule has 0 aliphatic carbocycles. The summed E-state index contributed by atoms with van der Waals surface area (Å²) in [6, 6.07) is -0.193. The van der Waals surface area contributed by atoms with Gasteiger partial charge in [-0.2, -0.15) is 0 Å². The van der Waals surface area contributed by atoms with Crippen LogP contribution in [0.1, 0.15) is 18.9 Å². The van der Waals surface area contributed by atoms with Crippen LogP contribution in [0.15, 0.2) is 6.33 Å². The van der Waals surface area contributed by atoms with Crippen LogP contribution in [0.4, 0.5) is 5.82 Å². The van der Waals surface area contributed by atoms with Crippen LogP contribution in [0.5, 0.6) is 0 Å². The van der Waals surface area contributed by atoms with E-state index in [0.29, 0.717) is 17.6 Å². The molecule has 0 aliphatic heterocycles. The van der Waals surface area contributed by atoms with E-state index in [2.05, 4.69) is 22.2 Å². The van der Waals surface area contributed by atoms with Gasteiger partial charge in [-0.3, -0.25) is 0 Å². The molecule has 0 aromatic carbocycles. The Balaban J connectivity index is 2.84. The smallest absolute Gasteiger partial charge is 0.137 e. The molecule has 0 bridgehead atoms. The molecular weight excluding hydrogens is 242 g/mol. The van der Waals surface area contributed by atoms with Crippen LogP contribution in [-0.2, 0) is 11.2 Å². The van der Waals surface area contributed by atoms with Gasteiger partial charge in [0.05, 0.1) is 19.3 Å². The van der Waals surface area contributed by atoms with Gasteiger partial charge in [0.25, 0.3) is 0 Å². The Labute approximate surface area is 106 Å². The van der Waals surface area contributed by atoms with Crippen molar-refractivity contribution in [3.63, 3.8) is 0 Å². The molecule has 0 saturated heterocycles. The topological polar surface area (TPSA) is 67.3 Å². The lowest BCUT2D eigenvalue weighted by molar-refractivity contribution is 0.153. The maximum atomic E-state index is 9.19.